The maximum absolute atomic E-state index is 10.9. The lowest BCUT2D eigenvalue weighted by atomic mass is 9.80. The van der Waals surface area contributed by atoms with Crippen molar-refractivity contribution in [2.45, 2.75) is 31.6 Å². The van der Waals surface area contributed by atoms with Crippen molar-refractivity contribution in [3.05, 3.63) is 34.3 Å². The van der Waals surface area contributed by atoms with Crippen molar-refractivity contribution < 1.29 is 9.90 Å². The second-order valence-electron chi connectivity index (χ2n) is 6.11. The van der Waals surface area contributed by atoms with Crippen molar-refractivity contribution in [1.82, 2.24) is 4.90 Å². The number of likely N-dealkylation sites (tertiary alicyclic amines) is 1. The van der Waals surface area contributed by atoms with Crippen LogP contribution in [-0.2, 0) is 10.2 Å². The van der Waals surface area contributed by atoms with Crippen molar-refractivity contribution >= 4 is 17.6 Å². The van der Waals surface area contributed by atoms with E-state index in [2.05, 4.69) is 18.0 Å². The van der Waals surface area contributed by atoms with Crippen molar-refractivity contribution in [1.29, 1.82) is 0 Å². The number of aliphatic carboxylic acids is 1. The second kappa shape index (κ2) is 5.14. The summed E-state index contributed by atoms with van der Waals surface area (Å²) in [5.41, 5.74) is 1.76. The SMILES string of the molecule is CN1CC(c2ccc(C(C)(C)CC(=O)O)cc2Cl)C1. The lowest BCUT2D eigenvalue weighted by Gasteiger charge is -2.37. The molecular weight excluding hydrogens is 262 g/mol. The van der Waals surface area contributed by atoms with Crippen molar-refractivity contribution in [3.8, 4) is 0 Å². The highest BCUT2D eigenvalue weighted by molar-refractivity contribution is 6.31. The quantitative estimate of drug-likeness (QED) is 0.922. The third-order valence-corrected chi connectivity index (χ3v) is 4.21. The van der Waals surface area contributed by atoms with Crippen LogP contribution in [0.3, 0.4) is 0 Å². The van der Waals surface area contributed by atoms with Crippen LogP contribution in [-0.4, -0.2) is 36.1 Å². The van der Waals surface area contributed by atoms with Gasteiger partial charge in [-0.2, -0.15) is 0 Å². The zero-order chi connectivity index (χ0) is 14.2. The van der Waals surface area contributed by atoms with E-state index in [0.29, 0.717) is 5.92 Å². The highest BCUT2D eigenvalue weighted by atomic mass is 35.5. The lowest BCUT2D eigenvalue weighted by Crippen LogP contribution is -2.41. The Morgan fingerprint density at radius 1 is 1.47 bits per heavy atom. The normalized spacial score (nSPS) is 17.3. The molecule has 0 spiro atoms. The van der Waals surface area contributed by atoms with Gasteiger partial charge in [-0.15, -0.1) is 0 Å². The van der Waals surface area contributed by atoms with Crippen molar-refractivity contribution in [3.63, 3.8) is 0 Å². The van der Waals surface area contributed by atoms with E-state index in [4.69, 9.17) is 16.7 Å². The van der Waals surface area contributed by atoms with Gasteiger partial charge in [0.05, 0.1) is 6.42 Å². The van der Waals surface area contributed by atoms with Gasteiger partial charge in [-0.1, -0.05) is 37.6 Å². The van der Waals surface area contributed by atoms with E-state index >= 15 is 0 Å². The summed E-state index contributed by atoms with van der Waals surface area (Å²) in [7, 11) is 2.09. The van der Waals surface area contributed by atoms with E-state index in [-0.39, 0.29) is 6.42 Å². The van der Waals surface area contributed by atoms with E-state index in [1.165, 1.54) is 5.56 Å². The molecule has 104 valence electrons. The molecule has 1 aliphatic heterocycles. The van der Waals surface area contributed by atoms with Crippen LogP contribution in [0, 0.1) is 0 Å². The minimum Gasteiger partial charge on any atom is -0.481 e. The first-order chi connectivity index (χ1) is 8.79. The number of hydrogen-bond donors (Lipinski definition) is 1. The van der Waals surface area contributed by atoms with E-state index in [0.717, 1.165) is 23.7 Å². The monoisotopic (exact) mass is 281 g/mol. The summed E-state index contributed by atoms with van der Waals surface area (Å²) in [6.45, 7) is 5.95. The van der Waals surface area contributed by atoms with Crippen LogP contribution >= 0.6 is 11.6 Å². The van der Waals surface area contributed by atoms with E-state index < -0.39 is 11.4 Å². The Labute approximate surface area is 119 Å². The molecule has 1 saturated heterocycles. The van der Waals surface area contributed by atoms with Gasteiger partial charge in [0.2, 0.25) is 0 Å². The highest BCUT2D eigenvalue weighted by Crippen LogP contribution is 2.35. The highest BCUT2D eigenvalue weighted by Gasteiger charge is 2.29. The largest absolute Gasteiger partial charge is 0.481 e. The standard InChI is InChI=1S/C15H20ClNO2/c1-15(2,7-14(18)19)11-4-5-12(13(16)6-11)10-8-17(3)9-10/h4-6,10H,7-9H2,1-3H3,(H,18,19). The smallest absolute Gasteiger partial charge is 0.304 e. The summed E-state index contributed by atoms with van der Waals surface area (Å²) in [4.78, 5) is 13.2. The Hall–Kier alpha value is -1.06. The molecule has 0 unspecified atom stereocenters. The van der Waals surface area contributed by atoms with Crippen LogP contribution in [0.15, 0.2) is 18.2 Å². The molecule has 1 aromatic carbocycles. The third-order valence-electron chi connectivity index (χ3n) is 3.88. The summed E-state index contributed by atoms with van der Waals surface area (Å²) >= 11 is 6.36. The molecule has 2 rings (SSSR count). The predicted molar refractivity (Wildman–Crippen MR) is 77.0 cm³/mol. The molecule has 3 nitrogen and oxygen atoms in total. The molecule has 1 aromatic rings. The zero-order valence-electron chi connectivity index (χ0n) is 11.6. The van der Waals surface area contributed by atoms with Crippen LogP contribution in [0.2, 0.25) is 5.02 Å². The van der Waals surface area contributed by atoms with Crippen molar-refractivity contribution in [2.75, 3.05) is 20.1 Å². The van der Waals surface area contributed by atoms with Gasteiger partial charge in [0.1, 0.15) is 0 Å². The minimum absolute atomic E-state index is 0.106. The first-order valence-corrected chi connectivity index (χ1v) is 6.87. The molecule has 0 aromatic heterocycles. The average Bonchev–Trinajstić information content (AvgIpc) is 2.23. The fourth-order valence-corrected chi connectivity index (χ4v) is 2.99. The minimum atomic E-state index is -0.786. The van der Waals surface area contributed by atoms with Crippen LogP contribution < -0.4 is 0 Å². The maximum Gasteiger partial charge on any atom is 0.304 e. The van der Waals surface area contributed by atoms with Crippen LogP contribution in [0.5, 0.6) is 0 Å². The molecule has 0 radical (unpaired) electrons. The fraction of sp³-hybridized carbons (Fsp3) is 0.533. The molecule has 0 saturated carbocycles. The molecule has 0 bridgehead atoms. The Morgan fingerprint density at radius 2 is 2.11 bits per heavy atom. The average molecular weight is 282 g/mol. The number of halogens is 1. The first-order valence-electron chi connectivity index (χ1n) is 6.50. The fourth-order valence-electron chi connectivity index (χ4n) is 2.65. The van der Waals surface area contributed by atoms with Gasteiger partial charge < -0.3 is 10.0 Å². The molecule has 1 fully saturated rings. The summed E-state index contributed by atoms with van der Waals surface area (Å²) in [5, 5.41) is 9.72. The van der Waals surface area contributed by atoms with Gasteiger partial charge in [0, 0.05) is 29.4 Å². The molecule has 4 heteroatoms. The Morgan fingerprint density at radius 3 is 2.58 bits per heavy atom. The molecule has 0 aliphatic carbocycles. The molecular formula is C15H20ClNO2. The number of hydrogen-bond acceptors (Lipinski definition) is 2. The van der Waals surface area contributed by atoms with Gasteiger partial charge in [-0.3, -0.25) is 4.79 Å². The van der Waals surface area contributed by atoms with E-state index in [9.17, 15) is 4.79 Å². The van der Waals surface area contributed by atoms with Gasteiger partial charge in [0.25, 0.3) is 0 Å². The number of rotatable bonds is 4. The van der Waals surface area contributed by atoms with E-state index in [1.807, 2.05) is 26.0 Å². The summed E-state index contributed by atoms with van der Waals surface area (Å²) in [6, 6.07) is 6.00. The molecule has 1 N–H and O–H groups in total. The maximum atomic E-state index is 10.9. The van der Waals surface area contributed by atoms with Gasteiger partial charge >= 0.3 is 5.97 Å². The Bertz CT molecular complexity index is 493. The summed E-state index contributed by atoms with van der Waals surface area (Å²) in [5.74, 6) is -0.278. The topological polar surface area (TPSA) is 40.5 Å². The summed E-state index contributed by atoms with van der Waals surface area (Å²) < 4.78 is 0. The van der Waals surface area contributed by atoms with Crippen molar-refractivity contribution in [2.24, 2.45) is 0 Å². The Kier molecular flexibility index (Phi) is 3.88. The predicted octanol–water partition coefficient (Wildman–Crippen LogP) is 3.12. The zero-order valence-corrected chi connectivity index (χ0v) is 12.4. The number of likely N-dealkylation sites (N-methyl/N-ethyl adjacent to an activating group) is 1. The van der Waals surface area contributed by atoms with E-state index in [1.54, 1.807) is 0 Å². The van der Waals surface area contributed by atoms with Gasteiger partial charge in [-0.05, 0) is 24.2 Å². The summed E-state index contributed by atoms with van der Waals surface area (Å²) in [6.07, 6.45) is 0.106. The lowest BCUT2D eigenvalue weighted by molar-refractivity contribution is -0.138. The molecule has 19 heavy (non-hydrogen) atoms. The number of carboxylic acids is 1. The number of carbonyl (C=O) groups is 1. The number of carboxylic acid groups (broad SMARTS) is 1. The molecule has 1 aliphatic rings. The van der Waals surface area contributed by atoms with Crippen LogP contribution in [0.1, 0.15) is 37.3 Å². The Balaban J connectivity index is 2.21. The number of benzene rings is 1. The van der Waals surface area contributed by atoms with Crippen LogP contribution in [0.25, 0.3) is 0 Å². The number of nitrogens with zero attached hydrogens (tertiary/aromatic N) is 1. The van der Waals surface area contributed by atoms with Gasteiger partial charge in [-0.25, -0.2) is 0 Å². The third kappa shape index (κ3) is 3.10. The first kappa shape index (κ1) is 14.4. The molecule has 0 atom stereocenters. The molecule has 1 heterocycles. The van der Waals surface area contributed by atoms with Crippen LogP contribution in [0.4, 0.5) is 0 Å². The van der Waals surface area contributed by atoms with Gasteiger partial charge in [0.15, 0.2) is 0 Å². The second-order valence-corrected chi connectivity index (χ2v) is 6.52. The molecule has 0 amide bonds.